The van der Waals surface area contributed by atoms with Crippen molar-refractivity contribution in [3.63, 3.8) is 0 Å². The topological polar surface area (TPSA) is 86.7 Å². The molecule has 0 aromatic heterocycles. The lowest BCUT2D eigenvalue weighted by Gasteiger charge is -2.03. The summed E-state index contributed by atoms with van der Waals surface area (Å²) < 4.78 is 9.18. The molecule has 6 heteroatoms. The lowest BCUT2D eigenvalue weighted by molar-refractivity contribution is -0.152. The van der Waals surface area contributed by atoms with Gasteiger partial charge in [-0.15, -0.1) is 0 Å². The molecule has 0 fully saturated rings. The molecule has 0 spiro atoms. The Bertz CT molecular complexity index is 638. The first-order valence-corrected chi connectivity index (χ1v) is 10.3. The fourth-order valence-corrected chi connectivity index (χ4v) is 3.59. The van der Waals surface area contributed by atoms with Gasteiger partial charge in [0.2, 0.25) is 0 Å². The minimum Gasteiger partial charge on any atom is -0.386 e. The van der Waals surface area contributed by atoms with Crippen LogP contribution in [0, 0.1) is 0 Å². The van der Waals surface area contributed by atoms with E-state index in [0.29, 0.717) is 35.1 Å². The Balaban J connectivity index is 1.41. The molecule has 0 aliphatic carbocycles. The van der Waals surface area contributed by atoms with E-state index in [1.165, 1.54) is 25.7 Å². The average Bonchev–Trinajstić information content (AvgIpc) is 3.04. The van der Waals surface area contributed by atoms with E-state index in [1.807, 2.05) is 0 Å². The smallest absolute Gasteiger partial charge is 0.342 e. The lowest BCUT2D eigenvalue weighted by Crippen LogP contribution is -2.02. The highest BCUT2D eigenvalue weighted by atomic mass is 16.6. The van der Waals surface area contributed by atoms with Gasteiger partial charge in [0.15, 0.2) is 0 Å². The van der Waals surface area contributed by atoms with E-state index in [1.54, 1.807) is 13.8 Å². The molecule has 2 aliphatic heterocycles. The predicted molar refractivity (Wildman–Crippen MR) is 103 cm³/mol. The second-order valence-electron chi connectivity index (χ2n) is 7.60. The molecule has 28 heavy (non-hydrogen) atoms. The van der Waals surface area contributed by atoms with Crippen molar-refractivity contribution in [3.8, 4) is 0 Å². The average molecular weight is 390 g/mol. The van der Waals surface area contributed by atoms with E-state index in [9.17, 15) is 19.2 Å². The Kier molecular flexibility index (Phi) is 8.61. The molecule has 2 aliphatic rings. The largest absolute Gasteiger partial charge is 0.386 e. The molecular formula is C22H30O6. The normalized spacial score (nSPS) is 17.1. The third-order valence-corrected chi connectivity index (χ3v) is 5.48. The molecule has 0 N–H and O–H groups in total. The highest BCUT2D eigenvalue weighted by Crippen LogP contribution is 2.24. The number of hydrogen-bond donors (Lipinski definition) is 0. The summed E-state index contributed by atoms with van der Waals surface area (Å²) in [5.74, 6) is -1.93. The van der Waals surface area contributed by atoms with Gasteiger partial charge < -0.3 is 9.47 Å². The first kappa shape index (κ1) is 22.1. The zero-order valence-electron chi connectivity index (χ0n) is 16.9. The van der Waals surface area contributed by atoms with Gasteiger partial charge in [0.1, 0.15) is 0 Å². The zero-order valence-corrected chi connectivity index (χ0v) is 16.9. The summed E-state index contributed by atoms with van der Waals surface area (Å²) in [7, 11) is 0. The summed E-state index contributed by atoms with van der Waals surface area (Å²) in [5.41, 5.74) is 2.03. The van der Waals surface area contributed by atoms with Crippen molar-refractivity contribution in [2.45, 2.75) is 90.9 Å². The van der Waals surface area contributed by atoms with Gasteiger partial charge in [-0.3, -0.25) is 0 Å². The van der Waals surface area contributed by atoms with Crippen LogP contribution in [0.25, 0.3) is 0 Å². The molecule has 0 bridgehead atoms. The van der Waals surface area contributed by atoms with Gasteiger partial charge in [0.25, 0.3) is 0 Å². The van der Waals surface area contributed by atoms with Gasteiger partial charge in [0, 0.05) is 22.3 Å². The summed E-state index contributed by atoms with van der Waals surface area (Å²) in [5, 5.41) is 0. The van der Waals surface area contributed by atoms with Crippen molar-refractivity contribution >= 4 is 23.9 Å². The molecule has 0 aromatic carbocycles. The van der Waals surface area contributed by atoms with E-state index in [4.69, 9.17) is 0 Å². The quantitative estimate of drug-likeness (QED) is 0.262. The molecule has 154 valence electrons. The van der Waals surface area contributed by atoms with Crippen molar-refractivity contribution in [2.24, 2.45) is 0 Å². The van der Waals surface area contributed by atoms with Gasteiger partial charge in [0.05, 0.1) is 0 Å². The molecule has 0 radical (unpaired) electrons. The Morgan fingerprint density at radius 1 is 0.464 bits per heavy atom. The molecule has 0 atom stereocenters. The second-order valence-corrected chi connectivity index (χ2v) is 7.60. The summed E-state index contributed by atoms with van der Waals surface area (Å²) in [6.45, 7) is 3.30. The van der Waals surface area contributed by atoms with Crippen LogP contribution in [-0.4, -0.2) is 23.9 Å². The van der Waals surface area contributed by atoms with E-state index < -0.39 is 23.9 Å². The van der Waals surface area contributed by atoms with Crippen molar-refractivity contribution in [1.82, 2.24) is 0 Å². The summed E-state index contributed by atoms with van der Waals surface area (Å²) in [4.78, 5) is 45.5. The van der Waals surface area contributed by atoms with Crippen LogP contribution in [0.15, 0.2) is 22.3 Å². The first-order valence-electron chi connectivity index (χ1n) is 10.3. The van der Waals surface area contributed by atoms with Crippen LogP contribution < -0.4 is 0 Å². The SMILES string of the molecule is CC1=C(CCCCCCCCCCCCC2=C(C)C(=O)OC2=O)C(=O)OC1=O. The fraction of sp³-hybridized carbons (Fsp3) is 0.636. The third-order valence-electron chi connectivity index (χ3n) is 5.48. The number of carbonyl (C=O) groups excluding carboxylic acids is 4. The third kappa shape index (κ3) is 6.14. The van der Waals surface area contributed by atoms with Crippen LogP contribution in [0.5, 0.6) is 0 Å². The standard InChI is InChI=1S/C22H30O6/c1-15-17(21(25)27-19(15)23)13-11-9-7-5-3-4-6-8-10-12-14-18-16(2)20(24)28-22(18)26/h3-14H2,1-2H3. The molecule has 0 saturated carbocycles. The molecule has 0 amide bonds. The fourth-order valence-electron chi connectivity index (χ4n) is 3.59. The summed E-state index contributed by atoms with van der Waals surface area (Å²) >= 11 is 0. The minimum atomic E-state index is -0.497. The molecule has 0 saturated heterocycles. The van der Waals surface area contributed by atoms with Gasteiger partial charge in [-0.1, -0.05) is 51.4 Å². The highest BCUT2D eigenvalue weighted by Gasteiger charge is 2.29. The van der Waals surface area contributed by atoms with Gasteiger partial charge in [-0.05, 0) is 39.5 Å². The van der Waals surface area contributed by atoms with Crippen molar-refractivity contribution in [2.75, 3.05) is 0 Å². The Hall–Kier alpha value is -2.24. The van der Waals surface area contributed by atoms with Crippen LogP contribution in [-0.2, 0) is 28.7 Å². The maximum atomic E-state index is 11.5. The van der Waals surface area contributed by atoms with Gasteiger partial charge in [-0.2, -0.15) is 0 Å². The van der Waals surface area contributed by atoms with Gasteiger partial charge >= 0.3 is 23.9 Å². The van der Waals surface area contributed by atoms with Crippen molar-refractivity contribution < 1.29 is 28.7 Å². The molecule has 2 heterocycles. The van der Waals surface area contributed by atoms with Crippen LogP contribution >= 0.6 is 0 Å². The molecule has 0 unspecified atom stereocenters. The van der Waals surface area contributed by atoms with Crippen molar-refractivity contribution in [3.05, 3.63) is 22.3 Å². The summed E-state index contributed by atoms with van der Waals surface area (Å²) in [6, 6.07) is 0. The number of carbonyl (C=O) groups is 4. The molecule has 2 rings (SSSR count). The second kappa shape index (κ2) is 10.9. The predicted octanol–water partition coefficient (Wildman–Crippen LogP) is 4.47. The van der Waals surface area contributed by atoms with Crippen LogP contribution in [0.3, 0.4) is 0 Å². The molecule has 0 aromatic rings. The van der Waals surface area contributed by atoms with E-state index in [2.05, 4.69) is 9.47 Å². The minimum absolute atomic E-state index is 0.466. The van der Waals surface area contributed by atoms with E-state index >= 15 is 0 Å². The number of hydrogen-bond acceptors (Lipinski definition) is 6. The lowest BCUT2D eigenvalue weighted by atomic mass is 10.0. The maximum absolute atomic E-state index is 11.5. The first-order chi connectivity index (χ1) is 13.4. The monoisotopic (exact) mass is 390 g/mol. The Morgan fingerprint density at radius 2 is 0.750 bits per heavy atom. The number of rotatable bonds is 13. The number of ether oxygens (including phenoxy) is 2. The highest BCUT2D eigenvalue weighted by molar-refractivity contribution is 6.12. The van der Waals surface area contributed by atoms with Gasteiger partial charge in [-0.25, -0.2) is 19.2 Å². The van der Waals surface area contributed by atoms with E-state index in [-0.39, 0.29) is 0 Å². The Labute approximate surface area is 166 Å². The van der Waals surface area contributed by atoms with Crippen LogP contribution in [0.2, 0.25) is 0 Å². The van der Waals surface area contributed by atoms with Crippen LogP contribution in [0.1, 0.15) is 90.9 Å². The number of unbranched alkanes of at least 4 members (excludes halogenated alkanes) is 9. The van der Waals surface area contributed by atoms with Crippen molar-refractivity contribution in [1.29, 1.82) is 0 Å². The number of cyclic esters (lactones) is 4. The molecule has 6 nitrogen and oxygen atoms in total. The molecular weight excluding hydrogens is 360 g/mol. The maximum Gasteiger partial charge on any atom is 0.342 e. The summed E-state index contributed by atoms with van der Waals surface area (Å²) in [6.07, 6.45) is 12.2. The number of esters is 4. The Morgan fingerprint density at radius 3 is 1.00 bits per heavy atom. The zero-order chi connectivity index (χ0) is 20.5. The van der Waals surface area contributed by atoms with Crippen LogP contribution in [0.4, 0.5) is 0 Å². The van der Waals surface area contributed by atoms with E-state index in [0.717, 1.165) is 38.5 Å².